The molecule has 2 heterocycles. The van der Waals surface area contributed by atoms with Crippen molar-refractivity contribution in [1.82, 2.24) is 10.6 Å². The third-order valence-electron chi connectivity index (χ3n) is 4.09. The van der Waals surface area contributed by atoms with E-state index in [0.717, 1.165) is 5.69 Å². The number of β-amino-alcohol motifs (C(OH)–C–C–N with tert-alkyl or cyclic N) is 1. The summed E-state index contributed by atoms with van der Waals surface area (Å²) >= 11 is 0. The number of ether oxygens (including phenoxy) is 1. The summed E-state index contributed by atoms with van der Waals surface area (Å²) in [7, 11) is 0. The van der Waals surface area contributed by atoms with Crippen molar-refractivity contribution in [3.8, 4) is 5.75 Å². The van der Waals surface area contributed by atoms with Crippen molar-refractivity contribution in [3.05, 3.63) is 24.3 Å². The Labute approximate surface area is 134 Å². The number of rotatable bonds is 5. The first-order chi connectivity index (χ1) is 11.1. The summed E-state index contributed by atoms with van der Waals surface area (Å²) in [6, 6.07) is 7.11. The summed E-state index contributed by atoms with van der Waals surface area (Å²) < 4.78 is 5.40. The Hall–Kier alpha value is -2.12. The van der Waals surface area contributed by atoms with E-state index in [1.807, 2.05) is 24.3 Å². The fraction of sp³-hybridized carbons (Fsp3) is 0.500. The van der Waals surface area contributed by atoms with Gasteiger partial charge < -0.3 is 25.4 Å². The van der Waals surface area contributed by atoms with E-state index in [1.54, 1.807) is 4.90 Å². The number of amides is 2. The number of carbonyl (C=O) groups is 2. The third-order valence-corrected chi connectivity index (χ3v) is 4.09. The maximum atomic E-state index is 12.0. The molecule has 2 unspecified atom stereocenters. The van der Waals surface area contributed by atoms with Gasteiger partial charge in [0.05, 0.1) is 17.8 Å². The molecule has 0 saturated carbocycles. The number of anilines is 1. The van der Waals surface area contributed by atoms with Crippen molar-refractivity contribution >= 4 is 17.5 Å². The normalized spacial score (nSPS) is 23.3. The highest BCUT2D eigenvalue weighted by atomic mass is 16.5. The number of carbonyl (C=O) groups excluding carboxylic acids is 2. The Bertz CT molecular complexity index is 592. The van der Waals surface area contributed by atoms with Gasteiger partial charge in [0.25, 0.3) is 5.91 Å². The van der Waals surface area contributed by atoms with Crippen LogP contribution in [0.4, 0.5) is 5.69 Å². The van der Waals surface area contributed by atoms with Crippen molar-refractivity contribution in [2.75, 3.05) is 31.1 Å². The fourth-order valence-electron chi connectivity index (χ4n) is 2.89. The number of aliphatic hydroxyl groups is 1. The second kappa shape index (κ2) is 6.97. The number of aliphatic hydroxyl groups excluding tert-OH is 1. The number of hydrogen-bond acceptors (Lipinski definition) is 5. The molecule has 2 aliphatic rings. The van der Waals surface area contributed by atoms with E-state index < -0.39 is 6.10 Å². The van der Waals surface area contributed by atoms with Crippen LogP contribution in [0.5, 0.6) is 5.75 Å². The van der Waals surface area contributed by atoms with E-state index in [1.165, 1.54) is 0 Å². The topological polar surface area (TPSA) is 90.9 Å². The minimum absolute atomic E-state index is 0.0489. The molecule has 2 aliphatic heterocycles. The Morgan fingerprint density at radius 2 is 2.26 bits per heavy atom. The number of hydrogen-bond donors (Lipinski definition) is 3. The van der Waals surface area contributed by atoms with Gasteiger partial charge in [-0.15, -0.1) is 0 Å². The van der Waals surface area contributed by atoms with E-state index in [9.17, 15) is 14.7 Å². The van der Waals surface area contributed by atoms with Crippen LogP contribution in [0.1, 0.15) is 12.8 Å². The smallest absolute Gasteiger partial charge is 0.265 e. The third kappa shape index (κ3) is 3.62. The predicted octanol–water partition coefficient (Wildman–Crippen LogP) is -0.359. The lowest BCUT2D eigenvalue weighted by atomic mass is 10.2. The van der Waals surface area contributed by atoms with E-state index >= 15 is 0 Å². The molecule has 7 heteroatoms. The Kier molecular flexibility index (Phi) is 4.78. The van der Waals surface area contributed by atoms with Crippen molar-refractivity contribution in [3.63, 3.8) is 0 Å². The molecule has 1 aromatic carbocycles. The molecule has 23 heavy (non-hydrogen) atoms. The first kappa shape index (κ1) is 15.8. The van der Waals surface area contributed by atoms with Gasteiger partial charge >= 0.3 is 0 Å². The van der Waals surface area contributed by atoms with Crippen LogP contribution in [0.3, 0.4) is 0 Å². The van der Waals surface area contributed by atoms with Crippen LogP contribution in [0, 0.1) is 0 Å². The van der Waals surface area contributed by atoms with Gasteiger partial charge in [-0.25, -0.2) is 0 Å². The fourth-order valence-corrected chi connectivity index (χ4v) is 2.89. The quantitative estimate of drug-likeness (QED) is 0.645. The summed E-state index contributed by atoms with van der Waals surface area (Å²) in [6.45, 7) is 1.52. The summed E-state index contributed by atoms with van der Waals surface area (Å²) in [6.07, 6.45) is 0.649. The molecule has 2 atom stereocenters. The summed E-state index contributed by atoms with van der Waals surface area (Å²) in [4.78, 5) is 25.6. The van der Waals surface area contributed by atoms with Gasteiger partial charge in [0, 0.05) is 19.6 Å². The minimum Gasteiger partial charge on any atom is -0.482 e. The van der Waals surface area contributed by atoms with Gasteiger partial charge in [0.1, 0.15) is 5.75 Å². The molecule has 0 aromatic heterocycles. The largest absolute Gasteiger partial charge is 0.482 e. The number of para-hydroxylation sites is 2. The highest BCUT2D eigenvalue weighted by Crippen LogP contribution is 2.31. The first-order valence-corrected chi connectivity index (χ1v) is 7.86. The second-order valence-corrected chi connectivity index (χ2v) is 5.80. The molecule has 0 spiro atoms. The molecule has 3 rings (SSSR count). The zero-order valence-corrected chi connectivity index (χ0v) is 12.8. The van der Waals surface area contributed by atoms with Crippen molar-refractivity contribution in [2.24, 2.45) is 0 Å². The van der Waals surface area contributed by atoms with Gasteiger partial charge in [-0.05, 0) is 25.0 Å². The maximum Gasteiger partial charge on any atom is 0.265 e. The highest BCUT2D eigenvalue weighted by Gasteiger charge is 2.28. The molecule has 0 radical (unpaired) electrons. The maximum absolute atomic E-state index is 12.0. The Balaban J connectivity index is 1.47. The van der Waals surface area contributed by atoms with Crippen LogP contribution in [0.25, 0.3) is 0 Å². The first-order valence-electron chi connectivity index (χ1n) is 7.86. The lowest BCUT2D eigenvalue weighted by Gasteiger charge is -2.29. The molecule has 124 valence electrons. The van der Waals surface area contributed by atoms with Gasteiger partial charge in [0.15, 0.2) is 6.61 Å². The number of fused-ring (bicyclic) bond motifs is 1. The molecule has 0 aliphatic carbocycles. The molecule has 1 aromatic rings. The Morgan fingerprint density at radius 1 is 1.43 bits per heavy atom. The molecule has 0 bridgehead atoms. The average molecular weight is 319 g/mol. The van der Waals surface area contributed by atoms with Gasteiger partial charge in [-0.1, -0.05) is 12.1 Å². The molecule has 1 saturated heterocycles. The van der Waals surface area contributed by atoms with E-state index in [-0.39, 0.29) is 24.5 Å². The molecule has 7 nitrogen and oxygen atoms in total. The average Bonchev–Trinajstić information content (AvgIpc) is 2.99. The van der Waals surface area contributed by atoms with Crippen LogP contribution in [0.2, 0.25) is 0 Å². The molecule has 3 N–H and O–H groups in total. The number of nitrogens with zero attached hydrogens (tertiary/aromatic N) is 1. The van der Waals surface area contributed by atoms with E-state index in [4.69, 9.17) is 4.74 Å². The van der Waals surface area contributed by atoms with Crippen LogP contribution in [-0.4, -0.2) is 55.3 Å². The van der Waals surface area contributed by atoms with Crippen molar-refractivity contribution < 1.29 is 19.4 Å². The lowest BCUT2D eigenvalue weighted by molar-refractivity contribution is -0.123. The van der Waals surface area contributed by atoms with Gasteiger partial charge in [-0.3, -0.25) is 9.59 Å². The second-order valence-electron chi connectivity index (χ2n) is 5.80. The van der Waals surface area contributed by atoms with Crippen LogP contribution in [0.15, 0.2) is 24.3 Å². The summed E-state index contributed by atoms with van der Waals surface area (Å²) in [5, 5.41) is 15.2. The Morgan fingerprint density at radius 3 is 3.04 bits per heavy atom. The van der Waals surface area contributed by atoms with Crippen LogP contribution in [-0.2, 0) is 9.59 Å². The minimum atomic E-state index is -0.451. The van der Waals surface area contributed by atoms with E-state index in [2.05, 4.69) is 10.6 Å². The van der Waals surface area contributed by atoms with Crippen molar-refractivity contribution in [2.45, 2.75) is 25.0 Å². The van der Waals surface area contributed by atoms with Crippen LogP contribution >= 0.6 is 0 Å². The SMILES string of the molecule is O=C(NCCCN1C(=O)COc2ccccc21)C1CC(O)CN1. The van der Waals surface area contributed by atoms with Crippen LogP contribution < -0.4 is 20.3 Å². The summed E-state index contributed by atoms with van der Waals surface area (Å²) in [5.41, 5.74) is 0.774. The molecular formula is C16H21N3O4. The molecular weight excluding hydrogens is 298 g/mol. The monoisotopic (exact) mass is 319 g/mol. The zero-order valence-electron chi connectivity index (χ0n) is 12.8. The molecule has 1 fully saturated rings. The number of nitrogens with one attached hydrogen (secondary N) is 2. The molecule has 2 amide bonds. The predicted molar refractivity (Wildman–Crippen MR) is 84.3 cm³/mol. The van der Waals surface area contributed by atoms with Gasteiger partial charge in [0.2, 0.25) is 5.91 Å². The number of benzene rings is 1. The highest BCUT2D eigenvalue weighted by molar-refractivity contribution is 5.97. The van der Waals surface area contributed by atoms with E-state index in [0.29, 0.717) is 38.2 Å². The lowest BCUT2D eigenvalue weighted by Crippen LogP contribution is -2.43. The zero-order chi connectivity index (χ0) is 16.2. The van der Waals surface area contributed by atoms with Gasteiger partial charge in [-0.2, -0.15) is 0 Å². The summed E-state index contributed by atoms with van der Waals surface area (Å²) in [5.74, 6) is 0.533. The standard InChI is InChI=1S/C16H21N3O4/c20-11-8-12(18-9-11)16(22)17-6-3-7-19-13-4-1-2-5-14(13)23-10-15(19)21/h1-2,4-5,11-12,18,20H,3,6-10H2,(H,17,22). The van der Waals surface area contributed by atoms with Crippen molar-refractivity contribution in [1.29, 1.82) is 0 Å².